The van der Waals surface area contributed by atoms with Crippen LogP contribution in [0, 0.1) is 0 Å². The van der Waals surface area contributed by atoms with E-state index in [1.807, 2.05) is 6.07 Å². The highest BCUT2D eigenvalue weighted by Crippen LogP contribution is 2.07. The second-order valence-corrected chi connectivity index (χ2v) is 4.17. The molecule has 0 radical (unpaired) electrons. The van der Waals surface area contributed by atoms with Gasteiger partial charge in [-0.2, -0.15) is 0 Å². The van der Waals surface area contributed by atoms with Crippen LogP contribution in [-0.4, -0.2) is 41.3 Å². The molecule has 0 bridgehead atoms. The first-order valence-corrected chi connectivity index (χ1v) is 5.90. The smallest absolute Gasteiger partial charge is 0.148 e. The molecule has 5 heteroatoms. The lowest BCUT2D eigenvalue weighted by atomic mass is 10.4. The van der Waals surface area contributed by atoms with Gasteiger partial charge < -0.3 is 16.0 Å². The van der Waals surface area contributed by atoms with E-state index in [1.54, 1.807) is 6.07 Å². The monoisotopic (exact) mass is 221 g/mol. The summed E-state index contributed by atoms with van der Waals surface area (Å²) in [6, 6.07) is 3.62. The van der Waals surface area contributed by atoms with Crippen LogP contribution in [0.1, 0.15) is 19.3 Å². The van der Waals surface area contributed by atoms with E-state index >= 15 is 0 Å². The number of nitrogen functional groups attached to an aromatic ring is 1. The largest absolute Gasteiger partial charge is 0.382 e. The van der Waals surface area contributed by atoms with Gasteiger partial charge >= 0.3 is 0 Å². The van der Waals surface area contributed by atoms with Crippen LogP contribution in [0.5, 0.6) is 0 Å². The molecular formula is C11H19N5. The van der Waals surface area contributed by atoms with E-state index in [9.17, 15) is 0 Å². The summed E-state index contributed by atoms with van der Waals surface area (Å²) in [7, 11) is 0. The number of hydrogen-bond donors (Lipinski definition) is 2. The fraction of sp³-hybridized carbons (Fsp3) is 0.636. The van der Waals surface area contributed by atoms with E-state index in [0.717, 1.165) is 18.8 Å². The Morgan fingerprint density at radius 1 is 1.25 bits per heavy atom. The maximum atomic E-state index is 5.46. The highest BCUT2D eigenvalue weighted by Gasteiger charge is 2.09. The van der Waals surface area contributed by atoms with Gasteiger partial charge in [-0.15, -0.1) is 10.2 Å². The van der Waals surface area contributed by atoms with Crippen LogP contribution in [0.25, 0.3) is 0 Å². The molecule has 0 atom stereocenters. The Morgan fingerprint density at radius 3 is 2.75 bits per heavy atom. The molecule has 88 valence electrons. The van der Waals surface area contributed by atoms with Crippen molar-refractivity contribution in [1.29, 1.82) is 0 Å². The van der Waals surface area contributed by atoms with Crippen molar-refractivity contribution < 1.29 is 0 Å². The second-order valence-electron chi connectivity index (χ2n) is 4.17. The number of aromatic nitrogens is 2. The van der Waals surface area contributed by atoms with Gasteiger partial charge in [-0.05, 0) is 51.0 Å². The average Bonchev–Trinajstić information content (AvgIpc) is 2.80. The van der Waals surface area contributed by atoms with Crippen molar-refractivity contribution in [2.24, 2.45) is 0 Å². The van der Waals surface area contributed by atoms with Gasteiger partial charge in [-0.25, -0.2) is 0 Å². The summed E-state index contributed by atoms with van der Waals surface area (Å²) in [6.45, 7) is 4.65. The molecule has 1 saturated heterocycles. The molecular weight excluding hydrogens is 202 g/mol. The van der Waals surface area contributed by atoms with Gasteiger partial charge in [0.2, 0.25) is 0 Å². The van der Waals surface area contributed by atoms with Crippen molar-refractivity contribution in [3.05, 3.63) is 12.1 Å². The molecule has 1 aliphatic heterocycles. The van der Waals surface area contributed by atoms with Crippen LogP contribution in [0.4, 0.5) is 11.6 Å². The quantitative estimate of drug-likeness (QED) is 0.725. The van der Waals surface area contributed by atoms with Crippen molar-refractivity contribution in [3.8, 4) is 0 Å². The molecule has 2 heterocycles. The SMILES string of the molecule is Nc1ccc(NCCCN2CCCC2)nn1. The first-order chi connectivity index (χ1) is 7.84. The fourth-order valence-corrected chi connectivity index (χ4v) is 1.96. The van der Waals surface area contributed by atoms with Gasteiger partial charge in [0, 0.05) is 6.54 Å². The zero-order valence-electron chi connectivity index (χ0n) is 9.52. The lowest BCUT2D eigenvalue weighted by Crippen LogP contribution is -2.22. The number of nitrogens with zero attached hydrogens (tertiary/aromatic N) is 3. The predicted molar refractivity (Wildman–Crippen MR) is 65.2 cm³/mol. The molecule has 0 aliphatic carbocycles. The van der Waals surface area contributed by atoms with E-state index in [4.69, 9.17) is 5.73 Å². The van der Waals surface area contributed by atoms with Crippen LogP contribution in [0.15, 0.2) is 12.1 Å². The van der Waals surface area contributed by atoms with E-state index in [2.05, 4.69) is 20.4 Å². The van der Waals surface area contributed by atoms with Gasteiger partial charge in [0.1, 0.15) is 11.6 Å². The molecule has 0 aromatic carbocycles. The molecule has 1 aromatic heterocycles. The van der Waals surface area contributed by atoms with Crippen molar-refractivity contribution in [3.63, 3.8) is 0 Å². The first kappa shape index (κ1) is 11.1. The molecule has 3 N–H and O–H groups in total. The molecule has 16 heavy (non-hydrogen) atoms. The fourth-order valence-electron chi connectivity index (χ4n) is 1.96. The lowest BCUT2D eigenvalue weighted by Gasteiger charge is -2.14. The Morgan fingerprint density at radius 2 is 2.06 bits per heavy atom. The Labute approximate surface area is 96.0 Å². The normalized spacial score (nSPS) is 16.5. The van der Waals surface area contributed by atoms with Crippen molar-refractivity contribution in [2.45, 2.75) is 19.3 Å². The van der Waals surface area contributed by atoms with Crippen LogP contribution in [0.3, 0.4) is 0 Å². The Bertz CT molecular complexity index is 305. The highest BCUT2D eigenvalue weighted by molar-refractivity contribution is 5.38. The number of nitrogens with one attached hydrogen (secondary N) is 1. The molecule has 0 unspecified atom stereocenters. The minimum absolute atomic E-state index is 0.461. The molecule has 0 amide bonds. The van der Waals surface area contributed by atoms with E-state index in [0.29, 0.717) is 5.82 Å². The molecule has 1 fully saturated rings. The third-order valence-electron chi connectivity index (χ3n) is 2.84. The van der Waals surface area contributed by atoms with E-state index in [-0.39, 0.29) is 0 Å². The summed E-state index contributed by atoms with van der Waals surface area (Å²) in [5.41, 5.74) is 5.46. The molecule has 0 spiro atoms. The molecule has 2 rings (SSSR count). The van der Waals surface area contributed by atoms with Gasteiger partial charge in [0.15, 0.2) is 0 Å². The first-order valence-electron chi connectivity index (χ1n) is 5.90. The minimum atomic E-state index is 0.461. The van der Waals surface area contributed by atoms with Crippen LogP contribution >= 0.6 is 0 Å². The third-order valence-corrected chi connectivity index (χ3v) is 2.84. The van der Waals surface area contributed by atoms with Crippen molar-refractivity contribution in [2.75, 3.05) is 37.2 Å². The summed E-state index contributed by atoms with van der Waals surface area (Å²) in [5.74, 6) is 1.26. The van der Waals surface area contributed by atoms with Crippen molar-refractivity contribution in [1.82, 2.24) is 15.1 Å². The maximum absolute atomic E-state index is 5.46. The predicted octanol–water partition coefficient (Wildman–Crippen LogP) is 0.957. The third kappa shape index (κ3) is 3.34. The second kappa shape index (κ2) is 5.65. The van der Waals surface area contributed by atoms with Crippen LogP contribution < -0.4 is 11.1 Å². The summed E-state index contributed by atoms with van der Waals surface area (Å²) in [6.07, 6.45) is 3.86. The summed E-state index contributed by atoms with van der Waals surface area (Å²) in [5, 5.41) is 11.0. The number of rotatable bonds is 5. The minimum Gasteiger partial charge on any atom is -0.382 e. The Hall–Kier alpha value is -1.36. The van der Waals surface area contributed by atoms with Crippen LogP contribution in [-0.2, 0) is 0 Å². The molecule has 0 saturated carbocycles. The van der Waals surface area contributed by atoms with Gasteiger partial charge in [0.25, 0.3) is 0 Å². The topological polar surface area (TPSA) is 67.1 Å². The number of hydrogen-bond acceptors (Lipinski definition) is 5. The number of nitrogens with two attached hydrogens (primary N) is 1. The zero-order chi connectivity index (χ0) is 11.2. The summed E-state index contributed by atoms with van der Waals surface area (Å²) >= 11 is 0. The number of anilines is 2. The zero-order valence-corrected chi connectivity index (χ0v) is 9.52. The van der Waals surface area contributed by atoms with E-state index < -0.39 is 0 Å². The Kier molecular flexibility index (Phi) is 3.93. The number of likely N-dealkylation sites (tertiary alicyclic amines) is 1. The average molecular weight is 221 g/mol. The Balaban J connectivity index is 1.62. The van der Waals surface area contributed by atoms with Gasteiger partial charge in [-0.3, -0.25) is 0 Å². The summed E-state index contributed by atoms with van der Waals surface area (Å²) < 4.78 is 0. The van der Waals surface area contributed by atoms with Gasteiger partial charge in [0.05, 0.1) is 0 Å². The highest BCUT2D eigenvalue weighted by atomic mass is 15.2. The molecule has 1 aliphatic rings. The molecule has 5 nitrogen and oxygen atoms in total. The van der Waals surface area contributed by atoms with Gasteiger partial charge in [-0.1, -0.05) is 0 Å². The van der Waals surface area contributed by atoms with E-state index in [1.165, 1.54) is 32.5 Å². The standard InChI is InChI=1S/C11H19N5/c12-10-4-5-11(15-14-10)13-6-3-9-16-7-1-2-8-16/h4-5H,1-3,6-9H2,(H2,12,14)(H,13,15). The summed E-state index contributed by atoms with van der Waals surface area (Å²) in [4.78, 5) is 2.51. The lowest BCUT2D eigenvalue weighted by molar-refractivity contribution is 0.337. The molecule has 1 aromatic rings. The van der Waals surface area contributed by atoms with Crippen molar-refractivity contribution >= 4 is 11.6 Å². The maximum Gasteiger partial charge on any atom is 0.148 e. The van der Waals surface area contributed by atoms with Crippen LogP contribution in [0.2, 0.25) is 0 Å².